The third-order valence-electron chi connectivity index (χ3n) is 7.31. The first-order chi connectivity index (χ1) is 25.2. The zero-order valence-electron chi connectivity index (χ0n) is 34.5. The summed E-state index contributed by atoms with van der Waals surface area (Å²) in [6, 6.07) is 9.10. The van der Waals surface area contributed by atoms with Crippen LogP contribution in [0.4, 0.5) is 4.79 Å². The van der Waals surface area contributed by atoms with Gasteiger partial charge in [-0.15, -0.1) is 0 Å². The van der Waals surface area contributed by atoms with Gasteiger partial charge in [-0.05, 0) is 85.3 Å². The Morgan fingerprint density at radius 1 is 1.24 bits per heavy atom. The summed E-state index contributed by atoms with van der Waals surface area (Å²) in [4.78, 5) is 25.5. The lowest BCUT2D eigenvalue weighted by atomic mass is 10.1. The number of benzene rings is 1. The molecule has 1 aliphatic carbocycles. The van der Waals surface area contributed by atoms with Crippen LogP contribution in [0.3, 0.4) is 0 Å². The van der Waals surface area contributed by atoms with Gasteiger partial charge in [-0.3, -0.25) is 19.4 Å². The third kappa shape index (κ3) is 9.98. The Balaban J connectivity index is 0.00000673. The van der Waals surface area contributed by atoms with E-state index in [1.165, 1.54) is 17.0 Å². The number of imidazole rings is 1. The van der Waals surface area contributed by atoms with Crippen LogP contribution in [0, 0.1) is 18.8 Å². The Bertz CT molecular complexity index is 1860. The van der Waals surface area contributed by atoms with Gasteiger partial charge >= 0.3 is 6.09 Å². The fourth-order valence-electron chi connectivity index (χ4n) is 4.82. The minimum atomic E-state index is -3.34. The molecule has 2 aromatic heterocycles. The number of ether oxygens (including phenoxy) is 2. The second-order valence-corrected chi connectivity index (χ2v) is 12.4. The molecule has 46 heavy (non-hydrogen) atoms. The molecule has 0 spiro atoms. The fourth-order valence-corrected chi connectivity index (χ4v) is 6.23. The summed E-state index contributed by atoms with van der Waals surface area (Å²) in [6.45, 7) is 11.3. The molecule has 0 bridgehead atoms. The molecular formula is C35H47BrN6O3S. The number of carbonyl (C=O) groups excluding carboxylic acids is 1. The molecule has 2 aliphatic rings. The molecule has 1 aromatic carbocycles. The molecule has 248 valence electrons. The molecule has 1 saturated heterocycles. The highest BCUT2D eigenvalue weighted by atomic mass is 79.9. The first kappa shape index (κ1) is 25.0. The number of rotatable bonds is 11. The molecule has 2 fully saturated rings. The summed E-state index contributed by atoms with van der Waals surface area (Å²) in [5.74, 6) is 6.35. The predicted octanol–water partition coefficient (Wildman–Crippen LogP) is 6.69. The van der Waals surface area contributed by atoms with Crippen LogP contribution < -0.4 is 10.1 Å². The van der Waals surface area contributed by atoms with E-state index in [4.69, 9.17) is 21.8 Å². The number of pyridine rings is 1. The Morgan fingerprint density at radius 2 is 2.02 bits per heavy atom. The van der Waals surface area contributed by atoms with Crippen LogP contribution in [-0.2, 0) is 11.3 Å². The SMILES string of the molecule is C.[2H]C1([2H])C([2H])([2H])C([2H])([2H])C([2H])(Sc2nc(Br)c(COc3ccc(C#CCOC(=O)NCCN4CCN(C(C)C)CC4)c(C)c3)n2-c2cccnc2)C1([2H])[2H]. The lowest BCUT2D eigenvalue weighted by Crippen LogP contribution is -2.50. The van der Waals surface area contributed by atoms with E-state index in [0.717, 1.165) is 38.3 Å². The van der Waals surface area contributed by atoms with Crippen LogP contribution in [0.25, 0.3) is 5.69 Å². The maximum Gasteiger partial charge on any atom is 0.408 e. The number of amides is 1. The molecule has 1 saturated carbocycles. The number of nitrogens with one attached hydrogen (secondary N) is 1. The lowest BCUT2D eigenvalue weighted by Gasteiger charge is -2.36. The fraction of sp³-hybridized carbons (Fsp3) is 0.514. The van der Waals surface area contributed by atoms with Crippen molar-refractivity contribution in [2.24, 2.45) is 0 Å². The van der Waals surface area contributed by atoms with Crippen molar-refractivity contribution in [3.05, 3.63) is 64.1 Å². The summed E-state index contributed by atoms with van der Waals surface area (Å²) in [7, 11) is 0. The van der Waals surface area contributed by atoms with Crippen LogP contribution in [-0.4, -0.2) is 87.6 Å². The monoisotopic (exact) mass is 719 g/mol. The van der Waals surface area contributed by atoms with Gasteiger partial charge in [0.1, 0.15) is 17.0 Å². The minimum absolute atomic E-state index is 0. The van der Waals surface area contributed by atoms with Gasteiger partial charge < -0.3 is 14.8 Å². The van der Waals surface area contributed by atoms with Gasteiger partial charge in [-0.25, -0.2) is 9.78 Å². The van der Waals surface area contributed by atoms with Crippen molar-refractivity contribution in [2.75, 3.05) is 45.9 Å². The minimum Gasteiger partial charge on any atom is -0.487 e. The van der Waals surface area contributed by atoms with Gasteiger partial charge in [0, 0.05) is 74.6 Å². The van der Waals surface area contributed by atoms with Crippen LogP contribution in [0.5, 0.6) is 5.75 Å². The standard InChI is InChI=1S/C34H43BrN6O3S.CH4/c1-25(2)40-19-17-39(18-20-40)16-15-37-34(42)43-21-7-8-27-12-13-29(22-26(27)3)44-24-31-32(35)38-33(45-30-10-4-5-11-30)41(31)28-9-6-14-36-23-28;/h6,9,12-14,22-23,25,30H,4-5,10-11,15-21,24H2,1-3H3,(H,37,42);1H4/i4D2,5D2,10D2,11D2,30D;. The zero-order chi connectivity index (χ0) is 39.7. The van der Waals surface area contributed by atoms with E-state index in [9.17, 15) is 4.79 Å². The van der Waals surface area contributed by atoms with Gasteiger partial charge in [0.2, 0.25) is 0 Å². The lowest BCUT2D eigenvalue weighted by molar-refractivity contribution is 0.108. The molecule has 3 heterocycles. The highest BCUT2D eigenvalue weighted by Crippen LogP contribution is 2.37. The number of halogens is 1. The highest BCUT2D eigenvalue weighted by Gasteiger charge is 2.24. The Labute approximate surface area is 299 Å². The van der Waals surface area contributed by atoms with E-state index >= 15 is 0 Å². The van der Waals surface area contributed by atoms with E-state index in [1.54, 1.807) is 30.3 Å². The molecule has 3 aromatic rings. The number of alkyl carbamates (subject to hydrolysis) is 1. The molecular weight excluding hydrogens is 664 g/mol. The van der Waals surface area contributed by atoms with Crippen molar-refractivity contribution in [3.63, 3.8) is 0 Å². The summed E-state index contributed by atoms with van der Waals surface area (Å²) in [5, 5.41) is -0.319. The molecule has 1 aliphatic heterocycles. The first-order valence-electron chi connectivity index (χ1n) is 19.2. The second kappa shape index (κ2) is 17.8. The number of hydrogen-bond donors (Lipinski definition) is 1. The molecule has 1 N–H and O–H groups in total. The number of thioether (sulfide) groups is 1. The Kier molecular flexibility index (Phi) is 9.67. The molecule has 0 atom stereocenters. The molecule has 1 amide bonds. The number of aromatic nitrogens is 3. The van der Waals surface area contributed by atoms with Gasteiger partial charge in [-0.1, -0.05) is 43.8 Å². The van der Waals surface area contributed by atoms with Gasteiger partial charge in [-0.2, -0.15) is 0 Å². The number of hydrogen-bond acceptors (Lipinski definition) is 8. The Hall–Kier alpha value is -3.04. The summed E-state index contributed by atoms with van der Waals surface area (Å²) in [6.07, 6.45) is -10.8. The van der Waals surface area contributed by atoms with E-state index < -0.39 is 36.8 Å². The van der Waals surface area contributed by atoms with Crippen LogP contribution >= 0.6 is 27.7 Å². The van der Waals surface area contributed by atoms with Gasteiger partial charge in [0.05, 0.1) is 17.6 Å². The average molecular weight is 721 g/mol. The largest absolute Gasteiger partial charge is 0.487 e. The topological polar surface area (TPSA) is 84.8 Å². The van der Waals surface area contributed by atoms with Crippen molar-refractivity contribution in [1.82, 2.24) is 29.7 Å². The van der Waals surface area contributed by atoms with Crippen LogP contribution in [0.15, 0.2) is 52.5 Å². The first-order valence-corrected chi connectivity index (χ1v) is 16.3. The van der Waals surface area contributed by atoms with Crippen molar-refractivity contribution in [1.29, 1.82) is 0 Å². The van der Waals surface area contributed by atoms with Crippen molar-refractivity contribution in [2.45, 2.75) is 76.7 Å². The maximum atomic E-state index is 12.2. The van der Waals surface area contributed by atoms with E-state index in [0.29, 0.717) is 47.0 Å². The highest BCUT2D eigenvalue weighted by molar-refractivity contribution is 9.10. The van der Waals surface area contributed by atoms with Crippen LogP contribution in [0.2, 0.25) is 0 Å². The van der Waals surface area contributed by atoms with E-state index in [2.05, 4.69) is 66.7 Å². The second-order valence-electron chi connectivity index (χ2n) is 10.7. The number of nitrogens with zero attached hydrogens (tertiary/aromatic N) is 5. The van der Waals surface area contributed by atoms with Crippen molar-refractivity contribution >= 4 is 33.8 Å². The normalized spacial score (nSPS) is 23.6. The molecule has 0 radical (unpaired) electrons. The van der Waals surface area contributed by atoms with Gasteiger partial charge in [0.25, 0.3) is 0 Å². The molecule has 9 nitrogen and oxygen atoms in total. The number of piperazine rings is 1. The predicted molar refractivity (Wildman–Crippen MR) is 189 cm³/mol. The quantitative estimate of drug-likeness (QED) is 0.220. The Morgan fingerprint density at radius 3 is 2.72 bits per heavy atom. The third-order valence-corrected chi connectivity index (χ3v) is 8.81. The average Bonchev–Trinajstić information content (AvgIpc) is 3.45. The maximum absolute atomic E-state index is 12.2. The van der Waals surface area contributed by atoms with Crippen LogP contribution in [0.1, 0.15) is 75.9 Å². The molecule has 5 rings (SSSR count). The van der Waals surface area contributed by atoms with Gasteiger partial charge in [0.15, 0.2) is 11.8 Å². The van der Waals surface area contributed by atoms with E-state index in [-0.39, 0.29) is 30.4 Å². The smallest absolute Gasteiger partial charge is 0.408 e. The zero-order valence-corrected chi connectivity index (χ0v) is 27.9. The van der Waals surface area contributed by atoms with Crippen molar-refractivity contribution in [3.8, 4) is 23.3 Å². The van der Waals surface area contributed by atoms with E-state index in [1.807, 2.05) is 6.92 Å². The molecule has 0 unspecified atom stereocenters. The number of aryl methyl sites for hydroxylation is 1. The number of carbonyl (C=O) groups is 1. The summed E-state index contributed by atoms with van der Waals surface area (Å²) < 4.78 is 88.8. The summed E-state index contributed by atoms with van der Waals surface area (Å²) >= 11 is 3.71. The van der Waals surface area contributed by atoms with Crippen molar-refractivity contribution < 1.29 is 26.6 Å². The molecule has 11 heteroatoms. The summed E-state index contributed by atoms with van der Waals surface area (Å²) in [5.41, 5.74) is 2.31.